The molecule has 1 atom stereocenters. The van der Waals surface area contributed by atoms with E-state index in [0.717, 1.165) is 9.87 Å². The Labute approximate surface area is 227 Å². The molecule has 1 aliphatic rings. The van der Waals surface area contributed by atoms with Crippen LogP contribution in [-0.2, 0) is 21.4 Å². The number of nitrogens with one attached hydrogen (secondary N) is 2. The Morgan fingerprint density at radius 3 is 2.38 bits per heavy atom. The van der Waals surface area contributed by atoms with E-state index in [2.05, 4.69) is 15.6 Å². The van der Waals surface area contributed by atoms with Gasteiger partial charge in [0.1, 0.15) is 17.5 Å². The van der Waals surface area contributed by atoms with Crippen molar-refractivity contribution in [2.45, 2.75) is 24.4 Å². The number of sulfonamides is 1. The van der Waals surface area contributed by atoms with Crippen molar-refractivity contribution in [1.29, 1.82) is 0 Å². The van der Waals surface area contributed by atoms with Crippen LogP contribution in [-0.4, -0.2) is 73.9 Å². The molecule has 12 heteroatoms. The van der Waals surface area contributed by atoms with Gasteiger partial charge in [-0.1, -0.05) is 6.07 Å². The molecule has 1 aliphatic heterocycles. The summed E-state index contributed by atoms with van der Waals surface area (Å²) in [4.78, 5) is 31.9. The predicted octanol–water partition coefficient (Wildman–Crippen LogP) is 2.71. The first-order chi connectivity index (χ1) is 18.8. The molecule has 1 aromatic heterocycles. The molecular weight excluding hydrogens is 522 g/mol. The average Bonchev–Trinajstić information content (AvgIpc) is 2.97. The van der Waals surface area contributed by atoms with Gasteiger partial charge in [0.2, 0.25) is 15.9 Å². The monoisotopic (exact) mass is 553 g/mol. The van der Waals surface area contributed by atoms with Gasteiger partial charge in [-0.15, -0.1) is 0 Å². The zero-order valence-electron chi connectivity index (χ0n) is 21.7. The molecule has 0 aliphatic carbocycles. The van der Waals surface area contributed by atoms with Gasteiger partial charge >= 0.3 is 6.03 Å². The highest BCUT2D eigenvalue weighted by Crippen LogP contribution is 2.25. The van der Waals surface area contributed by atoms with Gasteiger partial charge < -0.3 is 25.0 Å². The molecule has 3 amide bonds. The SMILES string of the molecule is CCOc1ccc(NC(=O)N2CCN(S(=O)(=O)c3ccc(OC)cc3)C(C(=O)NCc3cccnc3)C2)cc1. The number of nitrogens with zero attached hydrogens (tertiary/aromatic N) is 3. The van der Waals surface area contributed by atoms with E-state index in [4.69, 9.17) is 9.47 Å². The van der Waals surface area contributed by atoms with Crippen LogP contribution in [0.25, 0.3) is 0 Å². The van der Waals surface area contributed by atoms with Crippen molar-refractivity contribution in [2.24, 2.45) is 0 Å². The van der Waals surface area contributed by atoms with E-state index in [0.29, 0.717) is 23.8 Å². The van der Waals surface area contributed by atoms with Crippen molar-refractivity contribution in [2.75, 3.05) is 38.7 Å². The third-order valence-corrected chi connectivity index (χ3v) is 8.12. The lowest BCUT2D eigenvalue weighted by molar-refractivity contribution is -0.126. The molecule has 206 valence electrons. The van der Waals surface area contributed by atoms with Crippen LogP contribution in [0.4, 0.5) is 10.5 Å². The Bertz CT molecular complexity index is 1370. The van der Waals surface area contributed by atoms with Gasteiger partial charge in [-0.2, -0.15) is 4.31 Å². The second-order valence-electron chi connectivity index (χ2n) is 8.72. The standard InChI is InChI=1S/C27H31N5O6S/c1-3-38-23-8-6-21(7-9-23)30-27(34)31-15-16-32(39(35,36)24-12-10-22(37-2)11-13-24)25(19-31)26(33)29-18-20-5-4-14-28-17-20/h4-14,17,25H,3,15-16,18-19H2,1-2H3,(H,29,33)(H,30,34). The van der Waals surface area contributed by atoms with Crippen LogP contribution in [0.5, 0.6) is 11.5 Å². The number of aromatic nitrogens is 1. The fourth-order valence-corrected chi connectivity index (χ4v) is 5.72. The number of ether oxygens (including phenoxy) is 2. The molecule has 39 heavy (non-hydrogen) atoms. The van der Waals surface area contributed by atoms with Gasteiger partial charge in [-0.05, 0) is 67.1 Å². The molecule has 1 saturated heterocycles. The fraction of sp³-hybridized carbons (Fsp3) is 0.296. The van der Waals surface area contributed by atoms with Gasteiger partial charge in [0.15, 0.2) is 0 Å². The third kappa shape index (κ3) is 6.84. The molecule has 2 N–H and O–H groups in total. The number of carbonyl (C=O) groups is 2. The molecular formula is C27H31N5O6S. The van der Waals surface area contributed by atoms with Gasteiger partial charge in [0, 0.05) is 44.3 Å². The van der Waals surface area contributed by atoms with Crippen molar-refractivity contribution in [3.63, 3.8) is 0 Å². The van der Waals surface area contributed by atoms with Crippen LogP contribution in [0.3, 0.4) is 0 Å². The van der Waals surface area contributed by atoms with Gasteiger partial charge in [0.25, 0.3) is 0 Å². The number of carbonyl (C=O) groups excluding carboxylic acids is 2. The number of anilines is 1. The minimum atomic E-state index is -4.05. The summed E-state index contributed by atoms with van der Waals surface area (Å²) in [6, 6.07) is 14.8. The summed E-state index contributed by atoms with van der Waals surface area (Å²) in [7, 11) is -2.56. The van der Waals surface area contributed by atoms with Crippen LogP contribution in [0, 0.1) is 0 Å². The summed E-state index contributed by atoms with van der Waals surface area (Å²) in [6.07, 6.45) is 3.24. The molecule has 0 saturated carbocycles. The number of piperazine rings is 1. The normalized spacial score (nSPS) is 15.8. The largest absolute Gasteiger partial charge is 0.497 e. The van der Waals surface area contributed by atoms with Gasteiger partial charge in [0.05, 0.1) is 18.6 Å². The average molecular weight is 554 g/mol. The Balaban J connectivity index is 1.53. The van der Waals surface area contributed by atoms with E-state index in [1.54, 1.807) is 60.9 Å². The third-order valence-electron chi connectivity index (χ3n) is 6.19. The Kier molecular flexibility index (Phi) is 8.99. The van der Waals surface area contributed by atoms with Crippen LogP contribution >= 0.6 is 0 Å². The second kappa shape index (κ2) is 12.6. The first-order valence-electron chi connectivity index (χ1n) is 12.4. The Hall–Kier alpha value is -4.16. The van der Waals surface area contributed by atoms with E-state index in [-0.39, 0.29) is 31.1 Å². The molecule has 0 radical (unpaired) electrons. The van der Waals surface area contributed by atoms with Crippen LogP contribution in [0.1, 0.15) is 12.5 Å². The summed E-state index contributed by atoms with van der Waals surface area (Å²) in [5.41, 5.74) is 1.31. The zero-order valence-corrected chi connectivity index (χ0v) is 22.6. The molecule has 0 spiro atoms. The van der Waals surface area contributed by atoms with Crippen molar-refractivity contribution in [3.8, 4) is 11.5 Å². The lowest BCUT2D eigenvalue weighted by Crippen LogP contribution is -2.61. The summed E-state index contributed by atoms with van der Waals surface area (Å²) < 4.78 is 38.9. The first-order valence-corrected chi connectivity index (χ1v) is 13.9. The maximum absolute atomic E-state index is 13.6. The maximum atomic E-state index is 13.6. The molecule has 1 fully saturated rings. The predicted molar refractivity (Wildman–Crippen MR) is 145 cm³/mol. The molecule has 4 rings (SSSR count). The summed E-state index contributed by atoms with van der Waals surface area (Å²) in [5, 5.41) is 5.60. The molecule has 1 unspecified atom stereocenters. The first kappa shape index (κ1) is 27.9. The van der Waals surface area contributed by atoms with Crippen molar-refractivity contribution >= 4 is 27.6 Å². The molecule has 11 nitrogen and oxygen atoms in total. The molecule has 3 aromatic rings. The number of methoxy groups -OCH3 is 1. The number of hydrogen-bond donors (Lipinski definition) is 2. The van der Waals surface area contributed by atoms with Gasteiger partial charge in [-0.3, -0.25) is 9.78 Å². The summed E-state index contributed by atoms with van der Waals surface area (Å²) in [6.45, 7) is 2.49. The van der Waals surface area contributed by atoms with Crippen LogP contribution in [0.15, 0.2) is 78.0 Å². The van der Waals surface area contributed by atoms with Crippen LogP contribution < -0.4 is 20.1 Å². The van der Waals surface area contributed by atoms with E-state index >= 15 is 0 Å². The Morgan fingerprint density at radius 1 is 1.03 bits per heavy atom. The summed E-state index contributed by atoms with van der Waals surface area (Å²) >= 11 is 0. The lowest BCUT2D eigenvalue weighted by Gasteiger charge is -2.39. The number of pyridine rings is 1. The zero-order chi connectivity index (χ0) is 27.8. The van der Waals surface area contributed by atoms with E-state index in [1.807, 2.05) is 6.92 Å². The van der Waals surface area contributed by atoms with Crippen LogP contribution in [0.2, 0.25) is 0 Å². The highest BCUT2D eigenvalue weighted by molar-refractivity contribution is 7.89. The number of rotatable bonds is 9. The van der Waals surface area contributed by atoms with E-state index in [1.165, 1.54) is 24.1 Å². The highest BCUT2D eigenvalue weighted by atomic mass is 32.2. The number of hydrogen-bond acceptors (Lipinski definition) is 7. The van der Waals surface area contributed by atoms with E-state index in [9.17, 15) is 18.0 Å². The molecule has 2 heterocycles. The highest BCUT2D eigenvalue weighted by Gasteiger charge is 2.41. The lowest BCUT2D eigenvalue weighted by atomic mass is 10.2. The van der Waals surface area contributed by atoms with Crippen molar-refractivity contribution in [1.82, 2.24) is 19.5 Å². The maximum Gasteiger partial charge on any atom is 0.321 e. The molecule has 2 aromatic carbocycles. The quantitative estimate of drug-likeness (QED) is 0.417. The number of benzene rings is 2. The topological polar surface area (TPSA) is 130 Å². The summed E-state index contributed by atoms with van der Waals surface area (Å²) in [5.74, 6) is 0.670. The minimum absolute atomic E-state index is 0.0284. The van der Waals surface area contributed by atoms with Crippen molar-refractivity contribution in [3.05, 3.63) is 78.6 Å². The smallest absolute Gasteiger partial charge is 0.321 e. The van der Waals surface area contributed by atoms with Crippen molar-refractivity contribution < 1.29 is 27.5 Å². The number of amides is 3. The fourth-order valence-electron chi connectivity index (χ4n) is 4.15. The number of urea groups is 1. The second-order valence-corrected chi connectivity index (χ2v) is 10.6. The van der Waals surface area contributed by atoms with Gasteiger partial charge in [-0.25, -0.2) is 13.2 Å². The molecule has 0 bridgehead atoms. The van der Waals surface area contributed by atoms with E-state index < -0.39 is 28.0 Å². The minimum Gasteiger partial charge on any atom is -0.497 e. The Morgan fingerprint density at radius 2 is 1.74 bits per heavy atom.